The molecule has 0 saturated heterocycles. The van der Waals surface area contributed by atoms with Crippen LogP contribution in [-0.4, -0.2) is 13.4 Å². The molecule has 7 heteroatoms. The summed E-state index contributed by atoms with van der Waals surface area (Å²) in [7, 11) is -3.72. The van der Waals surface area contributed by atoms with Gasteiger partial charge >= 0.3 is 0 Å². The molecule has 1 aromatic carbocycles. The number of nitrogen functional groups attached to an aromatic ring is 1. The van der Waals surface area contributed by atoms with Gasteiger partial charge in [0.15, 0.2) is 0 Å². The van der Waals surface area contributed by atoms with Gasteiger partial charge in [0.1, 0.15) is 10.0 Å². The second-order valence-corrected chi connectivity index (χ2v) is 5.55. The van der Waals surface area contributed by atoms with Crippen LogP contribution in [0.15, 0.2) is 47.5 Å². The van der Waals surface area contributed by atoms with Gasteiger partial charge in [0, 0.05) is 6.20 Å². The van der Waals surface area contributed by atoms with Gasteiger partial charge in [-0.25, -0.2) is 13.4 Å². The van der Waals surface area contributed by atoms with Gasteiger partial charge in [-0.2, -0.15) is 0 Å². The van der Waals surface area contributed by atoms with Crippen molar-refractivity contribution in [3.63, 3.8) is 0 Å². The molecule has 0 bridgehead atoms. The van der Waals surface area contributed by atoms with Gasteiger partial charge in [0.2, 0.25) is 0 Å². The molecule has 0 aliphatic heterocycles. The zero-order chi connectivity index (χ0) is 13.2. The maximum absolute atomic E-state index is 12.1. The van der Waals surface area contributed by atoms with E-state index in [0.29, 0.717) is 5.69 Å². The highest BCUT2D eigenvalue weighted by Gasteiger charge is 2.16. The minimum absolute atomic E-state index is 0.0259. The Balaban J connectivity index is 2.37. The van der Waals surface area contributed by atoms with E-state index in [4.69, 9.17) is 17.3 Å². The van der Waals surface area contributed by atoms with Gasteiger partial charge in [-0.1, -0.05) is 23.7 Å². The Morgan fingerprint density at radius 3 is 2.61 bits per heavy atom. The Kier molecular flexibility index (Phi) is 3.40. The predicted molar refractivity (Wildman–Crippen MR) is 70.9 cm³/mol. The average Bonchev–Trinajstić information content (AvgIpc) is 2.28. The molecule has 94 valence electrons. The van der Waals surface area contributed by atoms with Crippen molar-refractivity contribution in [1.29, 1.82) is 0 Å². The smallest absolute Gasteiger partial charge is 0.263 e. The van der Waals surface area contributed by atoms with E-state index in [2.05, 4.69) is 9.71 Å². The summed E-state index contributed by atoms with van der Waals surface area (Å²) in [6.45, 7) is 0. The molecule has 2 rings (SSSR count). The number of hydrogen-bond acceptors (Lipinski definition) is 4. The third kappa shape index (κ3) is 2.72. The van der Waals surface area contributed by atoms with Crippen LogP contribution < -0.4 is 10.5 Å². The Bertz CT molecular complexity index is 673. The SMILES string of the molecule is Nc1ccccc1S(=O)(=O)Nc1ccnc(Cl)c1. The lowest BCUT2D eigenvalue weighted by molar-refractivity contribution is 0.601. The maximum Gasteiger partial charge on any atom is 0.263 e. The second-order valence-electron chi connectivity index (χ2n) is 3.51. The molecule has 0 saturated carbocycles. The summed E-state index contributed by atoms with van der Waals surface area (Å²) in [5.74, 6) is 0. The van der Waals surface area contributed by atoms with Crippen molar-refractivity contribution in [1.82, 2.24) is 4.98 Å². The molecule has 0 aliphatic rings. The summed E-state index contributed by atoms with van der Waals surface area (Å²) in [5, 5.41) is 0.205. The van der Waals surface area contributed by atoms with Crippen LogP contribution in [0, 0.1) is 0 Å². The fourth-order valence-electron chi connectivity index (χ4n) is 1.40. The number of aromatic nitrogens is 1. The molecule has 18 heavy (non-hydrogen) atoms. The van der Waals surface area contributed by atoms with E-state index >= 15 is 0 Å². The number of pyridine rings is 1. The monoisotopic (exact) mass is 283 g/mol. The molecule has 1 heterocycles. The summed E-state index contributed by atoms with van der Waals surface area (Å²) in [6.07, 6.45) is 1.41. The first-order valence-corrected chi connectivity index (χ1v) is 6.84. The van der Waals surface area contributed by atoms with Crippen molar-refractivity contribution < 1.29 is 8.42 Å². The normalized spacial score (nSPS) is 11.2. The topological polar surface area (TPSA) is 85.1 Å². The highest BCUT2D eigenvalue weighted by Crippen LogP contribution is 2.21. The van der Waals surface area contributed by atoms with Gasteiger partial charge in [-0.15, -0.1) is 0 Å². The quantitative estimate of drug-likeness (QED) is 0.667. The number of halogens is 1. The Hall–Kier alpha value is -1.79. The van der Waals surface area contributed by atoms with Gasteiger partial charge in [-0.05, 0) is 24.3 Å². The molecular formula is C11H10ClN3O2S. The maximum atomic E-state index is 12.1. The van der Waals surface area contributed by atoms with E-state index in [-0.39, 0.29) is 15.7 Å². The number of nitrogens with zero attached hydrogens (tertiary/aromatic N) is 1. The standard InChI is InChI=1S/C11H10ClN3O2S/c12-11-7-8(5-6-14-11)15-18(16,17)10-4-2-1-3-9(10)13/h1-7H,13H2,(H,14,15). The lowest BCUT2D eigenvalue weighted by Gasteiger charge is -2.09. The lowest BCUT2D eigenvalue weighted by atomic mass is 10.3. The van der Waals surface area contributed by atoms with E-state index in [1.165, 1.54) is 30.5 Å². The van der Waals surface area contributed by atoms with Gasteiger partial charge in [0.05, 0.1) is 11.4 Å². The van der Waals surface area contributed by atoms with Crippen molar-refractivity contribution in [2.75, 3.05) is 10.5 Å². The number of nitrogens with two attached hydrogens (primary N) is 1. The van der Waals surface area contributed by atoms with Crippen molar-refractivity contribution in [3.8, 4) is 0 Å². The van der Waals surface area contributed by atoms with Crippen LogP contribution in [-0.2, 0) is 10.0 Å². The van der Waals surface area contributed by atoms with Crippen LogP contribution in [0.25, 0.3) is 0 Å². The van der Waals surface area contributed by atoms with Crippen molar-refractivity contribution >= 4 is 33.0 Å². The molecule has 0 fully saturated rings. The largest absolute Gasteiger partial charge is 0.398 e. The van der Waals surface area contributed by atoms with Crippen LogP contribution in [0.1, 0.15) is 0 Å². The van der Waals surface area contributed by atoms with Gasteiger partial charge in [0.25, 0.3) is 10.0 Å². The van der Waals surface area contributed by atoms with Crippen LogP contribution >= 0.6 is 11.6 Å². The zero-order valence-electron chi connectivity index (χ0n) is 9.17. The Morgan fingerprint density at radius 2 is 1.94 bits per heavy atom. The molecule has 0 radical (unpaired) electrons. The van der Waals surface area contributed by atoms with Crippen molar-refractivity contribution in [2.24, 2.45) is 0 Å². The Morgan fingerprint density at radius 1 is 1.22 bits per heavy atom. The molecule has 0 atom stereocenters. The summed E-state index contributed by atoms with van der Waals surface area (Å²) >= 11 is 5.68. The number of benzene rings is 1. The molecule has 0 aliphatic carbocycles. The van der Waals surface area contributed by atoms with Crippen molar-refractivity contribution in [2.45, 2.75) is 4.90 Å². The number of para-hydroxylation sites is 1. The van der Waals surface area contributed by atoms with Crippen molar-refractivity contribution in [3.05, 3.63) is 47.7 Å². The fraction of sp³-hybridized carbons (Fsp3) is 0. The second kappa shape index (κ2) is 4.83. The first kappa shape index (κ1) is 12.7. The molecule has 0 unspecified atom stereocenters. The van der Waals surface area contributed by atoms with E-state index in [0.717, 1.165) is 0 Å². The Labute approximate surface area is 110 Å². The molecule has 1 aromatic heterocycles. The first-order chi connectivity index (χ1) is 8.49. The van der Waals surface area contributed by atoms with E-state index in [1.54, 1.807) is 12.1 Å². The van der Waals surface area contributed by atoms with Crippen LogP contribution in [0.5, 0.6) is 0 Å². The molecule has 0 spiro atoms. The lowest BCUT2D eigenvalue weighted by Crippen LogP contribution is -2.14. The number of anilines is 2. The summed E-state index contributed by atoms with van der Waals surface area (Å²) in [5.41, 5.74) is 6.15. The van der Waals surface area contributed by atoms with Gasteiger partial charge < -0.3 is 5.73 Å². The van der Waals surface area contributed by atoms with E-state index in [1.807, 2.05) is 0 Å². The number of hydrogen-bond donors (Lipinski definition) is 2. The zero-order valence-corrected chi connectivity index (χ0v) is 10.7. The molecule has 2 aromatic rings. The van der Waals surface area contributed by atoms with E-state index in [9.17, 15) is 8.42 Å². The van der Waals surface area contributed by atoms with Gasteiger partial charge in [-0.3, -0.25) is 4.72 Å². The van der Waals surface area contributed by atoms with E-state index < -0.39 is 10.0 Å². The molecule has 3 N–H and O–H groups in total. The minimum Gasteiger partial charge on any atom is -0.398 e. The minimum atomic E-state index is -3.72. The third-order valence-electron chi connectivity index (χ3n) is 2.19. The molecule has 5 nitrogen and oxygen atoms in total. The highest BCUT2D eigenvalue weighted by atomic mass is 35.5. The fourth-order valence-corrected chi connectivity index (χ4v) is 2.76. The summed E-state index contributed by atoms with van der Waals surface area (Å²) in [6, 6.07) is 9.14. The van der Waals surface area contributed by atoms with Crippen LogP contribution in [0.3, 0.4) is 0 Å². The van der Waals surface area contributed by atoms with Crippen LogP contribution in [0.2, 0.25) is 5.15 Å². The predicted octanol–water partition coefficient (Wildman–Crippen LogP) is 2.12. The third-order valence-corrected chi connectivity index (χ3v) is 3.85. The first-order valence-electron chi connectivity index (χ1n) is 4.98. The highest BCUT2D eigenvalue weighted by molar-refractivity contribution is 7.92. The number of rotatable bonds is 3. The van der Waals surface area contributed by atoms with Crippen LogP contribution in [0.4, 0.5) is 11.4 Å². The number of nitrogens with one attached hydrogen (secondary N) is 1. The summed E-state index contributed by atoms with van der Waals surface area (Å²) in [4.78, 5) is 3.79. The summed E-state index contributed by atoms with van der Waals surface area (Å²) < 4.78 is 26.5. The molecular weight excluding hydrogens is 274 g/mol. The average molecular weight is 284 g/mol. The number of sulfonamides is 1. The molecule has 0 amide bonds.